The molecule has 0 saturated carbocycles. The Morgan fingerprint density at radius 3 is 2.64 bits per heavy atom. The van der Waals surface area contributed by atoms with Crippen molar-refractivity contribution in [1.82, 2.24) is 0 Å². The second-order valence-corrected chi connectivity index (χ2v) is 2.82. The van der Waals surface area contributed by atoms with Crippen LogP contribution in [-0.2, 0) is 0 Å². The van der Waals surface area contributed by atoms with Gasteiger partial charge in [0.15, 0.2) is 0 Å². The molecule has 0 aliphatic heterocycles. The Morgan fingerprint density at radius 2 is 2.27 bits per heavy atom. The number of allylic oxidation sites excluding steroid dienone is 2. The fraction of sp³-hybridized carbons (Fsp3) is 0.500. The average molecular weight is 159 g/mol. The maximum Gasteiger partial charge on any atom is 0.114 e. The lowest BCUT2D eigenvalue weighted by Gasteiger charge is -2.23. The smallest absolute Gasteiger partial charge is 0.114 e. The number of rotatable bonds is 2. The number of nitrogens with two attached hydrogens (primary N) is 1. The molecule has 0 amide bonds. The van der Waals surface area contributed by atoms with Crippen LogP contribution < -0.4 is 5.73 Å². The van der Waals surface area contributed by atoms with Crippen molar-refractivity contribution in [3.05, 3.63) is 23.8 Å². The Bertz CT molecular complexity index is 198. The Morgan fingerprint density at radius 1 is 1.55 bits per heavy atom. The summed E-state index contributed by atoms with van der Waals surface area (Å²) in [6, 6.07) is 0. The molecule has 0 radical (unpaired) electrons. The summed E-state index contributed by atoms with van der Waals surface area (Å²) in [6.45, 7) is -1.10. The molecular formula is C8H11F2N. The van der Waals surface area contributed by atoms with Crippen LogP contribution in [0.1, 0.15) is 6.42 Å². The molecule has 0 heterocycles. The molecule has 0 aromatic rings. The van der Waals surface area contributed by atoms with E-state index < -0.39 is 18.9 Å². The molecule has 1 unspecified atom stereocenters. The Kier molecular flexibility index (Phi) is 2.39. The van der Waals surface area contributed by atoms with Gasteiger partial charge in [-0.2, -0.15) is 0 Å². The van der Waals surface area contributed by atoms with E-state index in [2.05, 4.69) is 0 Å². The van der Waals surface area contributed by atoms with E-state index in [1.54, 1.807) is 12.2 Å². The van der Waals surface area contributed by atoms with Crippen molar-refractivity contribution in [2.75, 3.05) is 13.3 Å². The number of halogens is 2. The quantitative estimate of drug-likeness (QED) is 0.649. The summed E-state index contributed by atoms with van der Waals surface area (Å²) in [5, 5.41) is 0. The highest BCUT2D eigenvalue weighted by atomic mass is 19.1. The van der Waals surface area contributed by atoms with Gasteiger partial charge in [-0.05, 0) is 12.0 Å². The SMILES string of the molecule is NC1(CF)C=CC(CF)=CC1. The topological polar surface area (TPSA) is 26.0 Å². The lowest BCUT2D eigenvalue weighted by atomic mass is 9.91. The summed E-state index contributed by atoms with van der Waals surface area (Å²) in [4.78, 5) is 0. The number of hydrogen-bond acceptors (Lipinski definition) is 1. The van der Waals surface area contributed by atoms with E-state index in [9.17, 15) is 8.78 Å². The molecule has 62 valence electrons. The normalized spacial score (nSPS) is 30.3. The summed E-state index contributed by atoms with van der Waals surface area (Å²) in [7, 11) is 0. The van der Waals surface area contributed by atoms with Crippen LogP contribution in [-0.4, -0.2) is 18.9 Å². The van der Waals surface area contributed by atoms with Gasteiger partial charge in [0.2, 0.25) is 0 Å². The molecule has 1 atom stereocenters. The molecule has 0 saturated heterocycles. The second kappa shape index (κ2) is 3.13. The van der Waals surface area contributed by atoms with Crippen LogP contribution in [0.25, 0.3) is 0 Å². The Labute approximate surface area is 64.6 Å². The standard InChI is InChI=1S/C8H11F2N/c9-5-7-1-3-8(11,6-10)4-2-7/h1-3H,4-6,11H2. The van der Waals surface area contributed by atoms with Gasteiger partial charge >= 0.3 is 0 Å². The monoisotopic (exact) mass is 159 g/mol. The zero-order valence-electron chi connectivity index (χ0n) is 6.19. The molecule has 1 aliphatic carbocycles. The van der Waals surface area contributed by atoms with Crippen LogP contribution in [0.2, 0.25) is 0 Å². The van der Waals surface area contributed by atoms with Crippen molar-refractivity contribution in [2.45, 2.75) is 12.0 Å². The third kappa shape index (κ3) is 1.87. The summed E-state index contributed by atoms with van der Waals surface area (Å²) < 4.78 is 24.2. The molecule has 0 fully saturated rings. The minimum atomic E-state index is -0.890. The highest BCUT2D eigenvalue weighted by Crippen LogP contribution is 2.18. The largest absolute Gasteiger partial charge is 0.319 e. The van der Waals surface area contributed by atoms with Crippen molar-refractivity contribution >= 4 is 0 Å². The summed E-state index contributed by atoms with van der Waals surface area (Å²) in [5.74, 6) is 0. The van der Waals surface area contributed by atoms with Gasteiger partial charge in [-0.3, -0.25) is 0 Å². The highest BCUT2D eigenvalue weighted by molar-refractivity contribution is 5.29. The van der Waals surface area contributed by atoms with E-state index >= 15 is 0 Å². The zero-order valence-corrected chi connectivity index (χ0v) is 6.19. The molecule has 1 aliphatic rings. The van der Waals surface area contributed by atoms with Crippen LogP contribution >= 0.6 is 0 Å². The van der Waals surface area contributed by atoms with Crippen LogP contribution in [0.3, 0.4) is 0 Å². The maximum absolute atomic E-state index is 12.2. The fourth-order valence-corrected chi connectivity index (χ4v) is 0.928. The van der Waals surface area contributed by atoms with Crippen LogP contribution in [0, 0.1) is 0 Å². The molecular weight excluding hydrogens is 148 g/mol. The van der Waals surface area contributed by atoms with Crippen molar-refractivity contribution in [3.8, 4) is 0 Å². The molecule has 1 rings (SSSR count). The fourth-order valence-electron chi connectivity index (χ4n) is 0.928. The highest BCUT2D eigenvalue weighted by Gasteiger charge is 2.22. The van der Waals surface area contributed by atoms with Gasteiger partial charge < -0.3 is 5.73 Å². The van der Waals surface area contributed by atoms with E-state index in [1.165, 1.54) is 6.08 Å². The third-order valence-electron chi connectivity index (χ3n) is 1.78. The zero-order chi connectivity index (χ0) is 8.32. The molecule has 2 N–H and O–H groups in total. The van der Waals surface area contributed by atoms with Crippen molar-refractivity contribution in [1.29, 1.82) is 0 Å². The number of alkyl halides is 2. The van der Waals surface area contributed by atoms with Crippen LogP contribution in [0.4, 0.5) is 8.78 Å². The van der Waals surface area contributed by atoms with Crippen molar-refractivity contribution in [2.24, 2.45) is 5.73 Å². The first-order chi connectivity index (χ1) is 5.20. The first kappa shape index (κ1) is 8.40. The number of hydrogen-bond donors (Lipinski definition) is 1. The van der Waals surface area contributed by atoms with Gasteiger partial charge in [0.05, 0.1) is 5.54 Å². The van der Waals surface area contributed by atoms with E-state index in [4.69, 9.17) is 5.73 Å². The molecule has 3 heteroatoms. The van der Waals surface area contributed by atoms with Gasteiger partial charge in [-0.1, -0.05) is 18.2 Å². The van der Waals surface area contributed by atoms with Crippen LogP contribution in [0.15, 0.2) is 23.8 Å². The third-order valence-corrected chi connectivity index (χ3v) is 1.78. The summed E-state index contributed by atoms with van der Waals surface area (Å²) >= 11 is 0. The summed E-state index contributed by atoms with van der Waals surface area (Å²) in [6.07, 6.45) is 5.10. The summed E-state index contributed by atoms with van der Waals surface area (Å²) in [5.41, 5.74) is 5.24. The van der Waals surface area contributed by atoms with Crippen molar-refractivity contribution < 1.29 is 8.78 Å². The van der Waals surface area contributed by atoms with E-state index in [0.29, 0.717) is 12.0 Å². The first-order valence-corrected chi connectivity index (χ1v) is 3.49. The van der Waals surface area contributed by atoms with Gasteiger partial charge in [0, 0.05) is 0 Å². The molecule has 0 aromatic carbocycles. The van der Waals surface area contributed by atoms with E-state index in [-0.39, 0.29) is 0 Å². The maximum atomic E-state index is 12.2. The molecule has 11 heavy (non-hydrogen) atoms. The van der Waals surface area contributed by atoms with Gasteiger partial charge in [-0.15, -0.1) is 0 Å². The van der Waals surface area contributed by atoms with Crippen LogP contribution in [0.5, 0.6) is 0 Å². The average Bonchev–Trinajstić information content (AvgIpc) is 2.06. The predicted octanol–water partition coefficient (Wildman–Crippen LogP) is 1.51. The molecule has 0 spiro atoms. The van der Waals surface area contributed by atoms with Gasteiger partial charge in [0.25, 0.3) is 0 Å². The molecule has 1 nitrogen and oxygen atoms in total. The van der Waals surface area contributed by atoms with E-state index in [0.717, 1.165) is 0 Å². The minimum Gasteiger partial charge on any atom is -0.319 e. The lowest BCUT2D eigenvalue weighted by molar-refractivity contribution is 0.359. The van der Waals surface area contributed by atoms with Gasteiger partial charge in [0.1, 0.15) is 13.3 Å². The molecule has 0 aromatic heterocycles. The first-order valence-electron chi connectivity index (χ1n) is 3.49. The molecule has 0 bridgehead atoms. The Balaban J connectivity index is 2.63. The van der Waals surface area contributed by atoms with Crippen molar-refractivity contribution in [3.63, 3.8) is 0 Å². The van der Waals surface area contributed by atoms with Gasteiger partial charge in [-0.25, -0.2) is 8.78 Å². The predicted molar refractivity (Wildman–Crippen MR) is 40.7 cm³/mol. The van der Waals surface area contributed by atoms with E-state index in [1.807, 2.05) is 0 Å². The second-order valence-electron chi connectivity index (χ2n) is 2.82. The lowest BCUT2D eigenvalue weighted by Crippen LogP contribution is -2.40. The Hall–Kier alpha value is -0.700. The minimum absolute atomic E-state index is 0.388.